The Morgan fingerprint density at radius 1 is 0.929 bits per heavy atom. The lowest BCUT2D eigenvalue weighted by Gasteiger charge is -2.20. The Morgan fingerprint density at radius 2 is 1.50 bits per heavy atom. The molecule has 2 atom stereocenters. The third-order valence-corrected chi connectivity index (χ3v) is 4.99. The third-order valence-electron chi connectivity index (χ3n) is 4.99. The van der Waals surface area contributed by atoms with E-state index in [1.165, 1.54) is 50.4 Å². The van der Waals surface area contributed by atoms with E-state index < -0.39 is 48.2 Å². The second kappa shape index (κ2) is 15.7. The molecule has 2 amide bonds. The molecule has 0 radical (unpaired) electrons. The van der Waals surface area contributed by atoms with Crippen molar-refractivity contribution < 1.29 is 66.7 Å². The van der Waals surface area contributed by atoms with Crippen LogP contribution in [0.4, 0.5) is 18.0 Å². The molecular weight excluding hydrogens is 575 g/mol. The zero-order chi connectivity index (χ0) is 32.2. The molecule has 2 aromatic carbocycles. The summed E-state index contributed by atoms with van der Waals surface area (Å²) in [6.07, 6.45) is -5.93. The number of amides is 2. The molecule has 0 aliphatic carbocycles. The fraction of sp³-hybridized carbons (Fsp3) is 0.320. The van der Waals surface area contributed by atoms with Crippen LogP contribution in [-0.2, 0) is 36.8 Å². The van der Waals surface area contributed by atoms with E-state index in [0.29, 0.717) is 11.1 Å². The number of ether oxygens (including phenoxy) is 3. The van der Waals surface area contributed by atoms with Gasteiger partial charge in [0.05, 0.1) is 13.2 Å². The molecule has 230 valence electrons. The number of benzene rings is 2. The molecule has 0 aromatic heterocycles. The largest absolute Gasteiger partial charge is 0.504 e. The van der Waals surface area contributed by atoms with E-state index in [9.17, 15) is 42.6 Å². The summed E-state index contributed by atoms with van der Waals surface area (Å²) in [7, 11) is 2.51. The number of esters is 2. The van der Waals surface area contributed by atoms with E-state index in [1.54, 1.807) is 0 Å². The lowest BCUT2D eigenvalue weighted by molar-refractivity contribution is -0.192. The predicted octanol–water partition coefficient (Wildman–Crippen LogP) is 1.14. The summed E-state index contributed by atoms with van der Waals surface area (Å²) in [5.74, 6) is -5.54. The number of nitrogens with two attached hydrogens (primary N) is 1. The average Bonchev–Trinajstić information content (AvgIpc) is 2.90. The molecule has 0 saturated carbocycles. The smallest absolute Gasteiger partial charge is 0.490 e. The highest BCUT2D eigenvalue weighted by atomic mass is 19.4. The SMILES string of the molecule is CNC(=O)Oc1cc(C[C@H](NC(=O)[C@H](N)Cc2ccc(O)c(O)c2)C(=O)OC)ccc1OC(C)=O.O=C(O)C(F)(F)F. The number of carboxylic acids is 1. The number of aliphatic carboxylic acids is 1. The highest BCUT2D eigenvalue weighted by molar-refractivity contribution is 5.87. The minimum atomic E-state index is -5.08. The molecule has 0 heterocycles. The number of phenols is 2. The van der Waals surface area contributed by atoms with Gasteiger partial charge in [-0.3, -0.25) is 9.59 Å². The number of hydrogen-bond acceptors (Lipinski definition) is 11. The monoisotopic (exact) mass is 603 g/mol. The number of hydrogen-bond donors (Lipinski definition) is 6. The van der Waals surface area contributed by atoms with Crippen molar-refractivity contribution in [2.75, 3.05) is 14.2 Å². The van der Waals surface area contributed by atoms with E-state index in [0.717, 1.165) is 7.11 Å². The van der Waals surface area contributed by atoms with Gasteiger partial charge in [0, 0.05) is 20.4 Å². The van der Waals surface area contributed by atoms with Gasteiger partial charge in [0.25, 0.3) is 0 Å². The number of phenolic OH excluding ortho intramolecular Hbond substituents is 2. The Bertz CT molecular complexity index is 1300. The highest BCUT2D eigenvalue weighted by Gasteiger charge is 2.38. The fourth-order valence-corrected chi connectivity index (χ4v) is 3.04. The van der Waals surface area contributed by atoms with Gasteiger partial charge in [0.2, 0.25) is 5.91 Å². The maximum Gasteiger partial charge on any atom is 0.490 e. The van der Waals surface area contributed by atoms with Crippen LogP contribution in [0.2, 0.25) is 0 Å². The Hall–Kier alpha value is -5.06. The number of carbonyl (C=O) groups is 5. The Kier molecular flexibility index (Phi) is 13.0. The van der Waals surface area contributed by atoms with Gasteiger partial charge in [-0.1, -0.05) is 12.1 Å². The summed E-state index contributed by atoms with van der Waals surface area (Å²) in [4.78, 5) is 56.9. The molecule has 0 bridgehead atoms. The number of halogens is 3. The molecule has 42 heavy (non-hydrogen) atoms. The van der Waals surface area contributed by atoms with Crippen molar-refractivity contribution in [3.05, 3.63) is 47.5 Å². The maximum atomic E-state index is 12.7. The van der Waals surface area contributed by atoms with Crippen LogP contribution in [0.15, 0.2) is 36.4 Å². The molecule has 0 aliphatic rings. The van der Waals surface area contributed by atoms with Crippen molar-refractivity contribution in [2.24, 2.45) is 5.73 Å². The lowest BCUT2D eigenvalue weighted by Crippen LogP contribution is -2.50. The molecular formula is C25H28F3N3O11. The summed E-state index contributed by atoms with van der Waals surface area (Å²) in [6.45, 7) is 1.18. The van der Waals surface area contributed by atoms with Gasteiger partial charge in [0.1, 0.15) is 6.04 Å². The van der Waals surface area contributed by atoms with Crippen LogP contribution >= 0.6 is 0 Å². The molecule has 0 unspecified atom stereocenters. The Balaban J connectivity index is 0.00000112. The van der Waals surface area contributed by atoms with Gasteiger partial charge in [-0.05, 0) is 41.8 Å². The summed E-state index contributed by atoms with van der Waals surface area (Å²) in [6, 6.07) is 6.12. The van der Waals surface area contributed by atoms with E-state index in [-0.39, 0.29) is 35.8 Å². The third kappa shape index (κ3) is 11.6. The molecule has 0 spiro atoms. The van der Waals surface area contributed by atoms with Gasteiger partial charge in [0.15, 0.2) is 23.0 Å². The summed E-state index contributed by atoms with van der Waals surface area (Å²) >= 11 is 0. The van der Waals surface area contributed by atoms with Gasteiger partial charge in [-0.2, -0.15) is 13.2 Å². The number of methoxy groups -OCH3 is 1. The van der Waals surface area contributed by atoms with Crippen LogP contribution < -0.4 is 25.8 Å². The molecule has 2 rings (SSSR count). The van der Waals surface area contributed by atoms with Gasteiger partial charge < -0.3 is 45.9 Å². The van der Waals surface area contributed by atoms with Crippen LogP contribution in [-0.4, -0.2) is 77.6 Å². The van der Waals surface area contributed by atoms with E-state index >= 15 is 0 Å². The quantitative estimate of drug-likeness (QED) is 0.135. The van der Waals surface area contributed by atoms with Gasteiger partial charge >= 0.3 is 30.2 Å². The molecule has 0 aliphatic heterocycles. The van der Waals surface area contributed by atoms with Gasteiger partial charge in [-0.25, -0.2) is 14.4 Å². The minimum Gasteiger partial charge on any atom is -0.504 e. The Morgan fingerprint density at radius 3 is 2.00 bits per heavy atom. The van der Waals surface area contributed by atoms with Crippen LogP contribution in [0.1, 0.15) is 18.1 Å². The molecule has 14 nitrogen and oxygen atoms in total. The van der Waals surface area contributed by atoms with Crippen molar-refractivity contribution >= 4 is 29.9 Å². The standard InChI is InChI=1S/C23H27N3O9.C2HF3O2/c1-12(27)34-19-7-5-14(11-20(19)35-23(32)25-2)9-16(22(31)33-3)26-21(30)15(24)8-13-4-6-17(28)18(29)10-13;3-2(4,5)1(6)7/h4-7,10-11,15-16,28-29H,8-9,24H2,1-3H3,(H,25,32)(H,26,30);(H,6,7)/t15-,16+;/m1./s1. The van der Waals surface area contributed by atoms with Gasteiger partial charge in [-0.15, -0.1) is 0 Å². The molecule has 7 N–H and O–H groups in total. The highest BCUT2D eigenvalue weighted by Crippen LogP contribution is 2.29. The molecule has 0 saturated heterocycles. The van der Waals surface area contributed by atoms with Crippen molar-refractivity contribution in [3.63, 3.8) is 0 Å². The molecule has 2 aromatic rings. The number of rotatable bonds is 9. The van der Waals surface area contributed by atoms with E-state index in [1.807, 2.05) is 0 Å². The van der Waals surface area contributed by atoms with Crippen LogP contribution in [0.25, 0.3) is 0 Å². The predicted molar refractivity (Wildman–Crippen MR) is 136 cm³/mol. The van der Waals surface area contributed by atoms with Crippen LogP contribution in [0, 0.1) is 0 Å². The lowest BCUT2D eigenvalue weighted by atomic mass is 10.0. The van der Waals surface area contributed by atoms with Crippen molar-refractivity contribution in [2.45, 2.75) is 38.0 Å². The second-order valence-electron chi connectivity index (χ2n) is 8.24. The maximum absolute atomic E-state index is 12.7. The summed E-state index contributed by atoms with van der Waals surface area (Å²) < 4.78 is 46.7. The average molecular weight is 604 g/mol. The summed E-state index contributed by atoms with van der Waals surface area (Å²) in [5, 5.41) is 30.9. The van der Waals surface area contributed by atoms with Crippen molar-refractivity contribution in [1.82, 2.24) is 10.6 Å². The Labute approximate surface area is 236 Å². The molecule has 0 fully saturated rings. The number of nitrogens with one attached hydrogen (secondary N) is 2. The number of carbonyl (C=O) groups excluding carboxylic acids is 4. The van der Waals surface area contributed by atoms with Crippen molar-refractivity contribution in [3.8, 4) is 23.0 Å². The first kappa shape index (κ1) is 35.0. The number of carboxylic acid groups (broad SMARTS) is 1. The van der Waals surface area contributed by atoms with Crippen LogP contribution in [0.5, 0.6) is 23.0 Å². The first-order valence-electron chi connectivity index (χ1n) is 11.6. The fourth-order valence-electron chi connectivity index (χ4n) is 3.04. The van der Waals surface area contributed by atoms with E-state index in [2.05, 4.69) is 10.6 Å². The first-order chi connectivity index (χ1) is 19.5. The van der Waals surface area contributed by atoms with E-state index in [4.69, 9.17) is 29.8 Å². The normalized spacial score (nSPS) is 12.0. The zero-order valence-electron chi connectivity index (χ0n) is 22.4. The summed E-state index contributed by atoms with van der Waals surface area (Å²) in [5.41, 5.74) is 6.91. The number of aromatic hydroxyl groups is 2. The first-order valence-corrected chi connectivity index (χ1v) is 11.6. The topological polar surface area (TPSA) is 224 Å². The molecule has 17 heteroatoms. The minimum absolute atomic E-state index is 0.0114. The van der Waals surface area contributed by atoms with Crippen LogP contribution in [0.3, 0.4) is 0 Å². The zero-order valence-corrected chi connectivity index (χ0v) is 22.4. The second-order valence-corrected chi connectivity index (χ2v) is 8.24. The number of alkyl halides is 3. The van der Waals surface area contributed by atoms with Crippen molar-refractivity contribution in [1.29, 1.82) is 0 Å².